The number of rotatable bonds is 6. The summed E-state index contributed by atoms with van der Waals surface area (Å²) < 4.78 is 29.1. The third kappa shape index (κ3) is 4.29. The van der Waals surface area contributed by atoms with E-state index in [0.717, 1.165) is 11.0 Å². The molecular formula is C22H17F2N3O6. The van der Waals surface area contributed by atoms with E-state index in [1.165, 1.54) is 30.3 Å². The second-order valence-corrected chi connectivity index (χ2v) is 7.38. The van der Waals surface area contributed by atoms with Crippen molar-refractivity contribution in [2.24, 2.45) is 0 Å². The van der Waals surface area contributed by atoms with Crippen LogP contribution in [-0.2, 0) is 16.1 Å². The van der Waals surface area contributed by atoms with Crippen molar-refractivity contribution in [1.82, 2.24) is 15.5 Å². The topological polar surface area (TPSA) is 122 Å². The van der Waals surface area contributed by atoms with E-state index >= 15 is 0 Å². The summed E-state index contributed by atoms with van der Waals surface area (Å²) in [5.74, 6) is -3.33. The van der Waals surface area contributed by atoms with Crippen LogP contribution in [0, 0.1) is 0 Å². The van der Waals surface area contributed by atoms with Crippen molar-refractivity contribution >= 4 is 29.5 Å². The normalized spacial score (nSPS) is 17.8. The fourth-order valence-corrected chi connectivity index (χ4v) is 3.82. The molecule has 4 rings (SSSR count). The fraction of sp³-hybridized carbons (Fsp3) is 0.227. The van der Waals surface area contributed by atoms with Crippen LogP contribution in [0.25, 0.3) is 0 Å². The van der Waals surface area contributed by atoms with Gasteiger partial charge in [0.15, 0.2) is 0 Å². The third-order valence-corrected chi connectivity index (χ3v) is 5.32. The Kier molecular flexibility index (Phi) is 5.86. The third-order valence-electron chi connectivity index (χ3n) is 5.32. The SMILES string of the molecule is O=C1CCC(N2C(=O)c3cccc(CNC(=O)c4cccc(OC(F)F)c4)c3C2=O)C(=O)N1. The minimum absolute atomic E-state index is 0.00106. The number of benzene rings is 2. The highest BCUT2D eigenvalue weighted by molar-refractivity contribution is 6.24. The zero-order chi connectivity index (χ0) is 23.7. The van der Waals surface area contributed by atoms with E-state index in [1.807, 2.05) is 0 Å². The Labute approximate surface area is 185 Å². The number of alkyl halides is 2. The largest absolute Gasteiger partial charge is 0.435 e. The quantitative estimate of drug-likeness (QED) is 0.636. The minimum atomic E-state index is -3.04. The fourth-order valence-electron chi connectivity index (χ4n) is 3.82. The molecule has 170 valence electrons. The lowest BCUT2D eigenvalue weighted by atomic mass is 10.0. The van der Waals surface area contributed by atoms with Crippen molar-refractivity contribution in [1.29, 1.82) is 0 Å². The summed E-state index contributed by atoms with van der Waals surface area (Å²) in [6.07, 6.45) is 0.0281. The Hall–Kier alpha value is -4.15. The van der Waals surface area contributed by atoms with Crippen LogP contribution in [0.3, 0.4) is 0 Å². The molecule has 1 unspecified atom stereocenters. The lowest BCUT2D eigenvalue weighted by molar-refractivity contribution is -0.136. The van der Waals surface area contributed by atoms with Crippen LogP contribution in [0.5, 0.6) is 5.75 Å². The number of imide groups is 2. The molecule has 9 nitrogen and oxygen atoms in total. The van der Waals surface area contributed by atoms with Gasteiger partial charge in [-0.15, -0.1) is 0 Å². The van der Waals surface area contributed by atoms with Gasteiger partial charge in [0.2, 0.25) is 11.8 Å². The average molecular weight is 457 g/mol. The van der Waals surface area contributed by atoms with Crippen LogP contribution in [0.1, 0.15) is 49.5 Å². The van der Waals surface area contributed by atoms with E-state index in [4.69, 9.17) is 0 Å². The molecule has 0 radical (unpaired) electrons. The number of hydrogen-bond acceptors (Lipinski definition) is 6. The highest BCUT2D eigenvalue weighted by Gasteiger charge is 2.45. The number of nitrogens with one attached hydrogen (secondary N) is 2. The molecule has 0 bridgehead atoms. The number of fused-ring (bicyclic) bond motifs is 1. The maximum Gasteiger partial charge on any atom is 0.387 e. The molecule has 0 aromatic heterocycles. The predicted molar refractivity (Wildman–Crippen MR) is 107 cm³/mol. The summed E-state index contributed by atoms with van der Waals surface area (Å²) >= 11 is 0. The van der Waals surface area contributed by atoms with Gasteiger partial charge in [-0.1, -0.05) is 18.2 Å². The number of carbonyl (C=O) groups is 5. The number of halogens is 2. The number of amides is 5. The van der Waals surface area contributed by atoms with Crippen molar-refractivity contribution in [2.75, 3.05) is 0 Å². The molecule has 2 aromatic carbocycles. The Morgan fingerprint density at radius 1 is 1.12 bits per heavy atom. The van der Waals surface area contributed by atoms with Crippen LogP contribution in [0.15, 0.2) is 42.5 Å². The Morgan fingerprint density at radius 2 is 1.88 bits per heavy atom. The lowest BCUT2D eigenvalue weighted by Crippen LogP contribution is -2.54. The van der Waals surface area contributed by atoms with Gasteiger partial charge in [0.05, 0.1) is 11.1 Å². The Balaban J connectivity index is 1.52. The summed E-state index contributed by atoms with van der Waals surface area (Å²) in [7, 11) is 0. The lowest BCUT2D eigenvalue weighted by Gasteiger charge is -2.27. The number of nitrogens with zero attached hydrogens (tertiary/aromatic N) is 1. The van der Waals surface area contributed by atoms with Gasteiger partial charge in [-0.3, -0.25) is 34.2 Å². The zero-order valence-electron chi connectivity index (χ0n) is 17.0. The van der Waals surface area contributed by atoms with Gasteiger partial charge in [0.1, 0.15) is 11.8 Å². The van der Waals surface area contributed by atoms with Gasteiger partial charge in [-0.2, -0.15) is 8.78 Å². The molecule has 0 saturated carbocycles. The predicted octanol–water partition coefficient (Wildman–Crippen LogP) is 1.62. The standard InChI is InChI=1S/C22H17F2N3O6/c23-22(24)33-13-5-1-3-11(9-13)18(29)25-10-12-4-2-6-14-17(12)21(32)27(20(14)31)15-7-8-16(28)26-19(15)30/h1-6,9,15,22H,7-8,10H2,(H,25,29)(H,26,28,30). The van der Waals surface area contributed by atoms with Crippen LogP contribution in [0.2, 0.25) is 0 Å². The number of carbonyl (C=O) groups excluding carboxylic acids is 5. The first kappa shape index (κ1) is 22.1. The number of hydrogen-bond donors (Lipinski definition) is 2. The molecule has 2 aliphatic heterocycles. The highest BCUT2D eigenvalue weighted by Crippen LogP contribution is 2.30. The average Bonchev–Trinajstić information content (AvgIpc) is 3.03. The summed E-state index contributed by atoms with van der Waals surface area (Å²) in [5.41, 5.74) is 0.549. The van der Waals surface area contributed by atoms with Crippen molar-refractivity contribution < 1.29 is 37.5 Å². The summed E-state index contributed by atoms with van der Waals surface area (Å²) in [5, 5.41) is 4.71. The first-order valence-electron chi connectivity index (χ1n) is 9.93. The first-order chi connectivity index (χ1) is 15.8. The van der Waals surface area contributed by atoms with Crippen molar-refractivity contribution in [3.63, 3.8) is 0 Å². The van der Waals surface area contributed by atoms with Gasteiger partial charge >= 0.3 is 6.61 Å². The van der Waals surface area contributed by atoms with E-state index in [9.17, 15) is 32.8 Å². The van der Waals surface area contributed by atoms with E-state index < -0.39 is 42.2 Å². The smallest absolute Gasteiger partial charge is 0.387 e. The van der Waals surface area contributed by atoms with Crippen molar-refractivity contribution in [2.45, 2.75) is 32.0 Å². The Morgan fingerprint density at radius 3 is 2.61 bits per heavy atom. The molecule has 33 heavy (non-hydrogen) atoms. The van der Waals surface area contributed by atoms with Gasteiger partial charge in [-0.05, 0) is 36.2 Å². The van der Waals surface area contributed by atoms with Gasteiger partial charge in [-0.25, -0.2) is 0 Å². The van der Waals surface area contributed by atoms with Crippen LogP contribution in [0.4, 0.5) is 8.78 Å². The van der Waals surface area contributed by atoms with Crippen LogP contribution >= 0.6 is 0 Å². The molecule has 11 heteroatoms. The number of ether oxygens (including phenoxy) is 1. The first-order valence-corrected chi connectivity index (χ1v) is 9.93. The summed E-state index contributed by atoms with van der Waals surface area (Å²) in [6, 6.07) is 8.64. The second kappa shape index (κ2) is 8.77. The molecule has 2 heterocycles. The molecule has 5 amide bonds. The summed E-state index contributed by atoms with van der Waals surface area (Å²) in [6.45, 7) is -3.17. The van der Waals surface area contributed by atoms with Gasteiger partial charge < -0.3 is 10.1 Å². The second-order valence-electron chi connectivity index (χ2n) is 7.38. The highest BCUT2D eigenvalue weighted by atomic mass is 19.3. The van der Waals surface area contributed by atoms with Gasteiger partial charge in [0.25, 0.3) is 17.7 Å². The molecule has 0 spiro atoms. The molecule has 2 aromatic rings. The van der Waals surface area contributed by atoms with E-state index in [1.54, 1.807) is 6.07 Å². The molecule has 1 saturated heterocycles. The van der Waals surface area contributed by atoms with Crippen molar-refractivity contribution in [3.8, 4) is 5.75 Å². The van der Waals surface area contributed by atoms with Gasteiger partial charge in [0, 0.05) is 18.5 Å². The monoisotopic (exact) mass is 457 g/mol. The molecule has 1 fully saturated rings. The molecular weight excluding hydrogens is 440 g/mol. The molecule has 2 N–H and O–H groups in total. The van der Waals surface area contributed by atoms with E-state index in [2.05, 4.69) is 15.4 Å². The van der Waals surface area contributed by atoms with E-state index in [0.29, 0.717) is 5.56 Å². The maximum atomic E-state index is 13.1. The zero-order valence-corrected chi connectivity index (χ0v) is 17.0. The summed E-state index contributed by atoms with van der Waals surface area (Å²) in [4.78, 5) is 62.8. The number of piperidine rings is 1. The minimum Gasteiger partial charge on any atom is -0.435 e. The molecule has 0 aliphatic carbocycles. The van der Waals surface area contributed by atoms with Crippen LogP contribution < -0.4 is 15.4 Å². The molecule has 2 aliphatic rings. The molecule has 1 atom stereocenters. The Bertz CT molecular complexity index is 1180. The van der Waals surface area contributed by atoms with E-state index in [-0.39, 0.29) is 41.8 Å². The van der Waals surface area contributed by atoms with Crippen LogP contribution in [-0.4, -0.2) is 47.1 Å². The maximum absolute atomic E-state index is 13.1. The van der Waals surface area contributed by atoms with Crippen molar-refractivity contribution in [3.05, 3.63) is 64.7 Å².